The number of esters is 1. The van der Waals surface area contributed by atoms with Crippen molar-refractivity contribution in [3.63, 3.8) is 0 Å². The lowest BCUT2D eigenvalue weighted by atomic mass is 9.94. The standard InChI is InChI=1S/C15H20BrNO4/c1-15(2,3)21-14(20)12(13(18)19)11(17)8-9-4-6-10(16)7-5-9/h4-7,11-12H,8,17H2,1-3H3,(H,18,19). The van der Waals surface area contributed by atoms with Crippen LogP contribution in [0.5, 0.6) is 0 Å². The highest BCUT2D eigenvalue weighted by atomic mass is 79.9. The summed E-state index contributed by atoms with van der Waals surface area (Å²) >= 11 is 3.32. The van der Waals surface area contributed by atoms with Gasteiger partial charge in [-0.2, -0.15) is 0 Å². The van der Waals surface area contributed by atoms with Gasteiger partial charge in [-0.05, 0) is 44.9 Å². The third-order valence-electron chi connectivity index (χ3n) is 2.74. The van der Waals surface area contributed by atoms with Gasteiger partial charge in [0, 0.05) is 10.5 Å². The van der Waals surface area contributed by atoms with Gasteiger partial charge in [-0.3, -0.25) is 9.59 Å². The van der Waals surface area contributed by atoms with Crippen LogP contribution < -0.4 is 5.73 Å². The van der Waals surface area contributed by atoms with Crippen LogP contribution in [-0.4, -0.2) is 28.7 Å². The maximum atomic E-state index is 12.0. The number of carboxylic acid groups (broad SMARTS) is 1. The first kappa shape index (κ1) is 17.7. The van der Waals surface area contributed by atoms with Crippen molar-refractivity contribution >= 4 is 27.9 Å². The molecule has 0 spiro atoms. The largest absolute Gasteiger partial charge is 0.481 e. The van der Waals surface area contributed by atoms with Crippen LogP contribution in [0.4, 0.5) is 0 Å². The molecule has 0 bridgehead atoms. The van der Waals surface area contributed by atoms with Crippen LogP contribution in [0.3, 0.4) is 0 Å². The summed E-state index contributed by atoms with van der Waals surface area (Å²) in [5.41, 5.74) is 6.03. The fourth-order valence-corrected chi connectivity index (χ4v) is 2.10. The molecule has 0 amide bonds. The molecule has 0 aliphatic heterocycles. The molecular formula is C15H20BrNO4. The number of aliphatic carboxylic acids is 1. The van der Waals surface area contributed by atoms with Crippen molar-refractivity contribution in [1.29, 1.82) is 0 Å². The van der Waals surface area contributed by atoms with Gasteiger partial charge in [0.1, 0.15) is 5.60 Å². The molecule has 1 rings (SSSR count). The van der Waals surface area contributed by atoms with Gasteiger partial charge in [-0.25, -0.2) is 0 Å². The summed E-state index contributed by atoms with van der Waals surface area (Å²) in [6.07, 6.45) is 0.281. The molecule has 1 aromatic rings. The van der Waals surface area contributed by atoms with E-state index in [1.165, 1.54) is 0 Å². The number of hydrogen-bond acceptors (Lipinski definition) is 4. The molecule has 0 aliphatic carbocycles. The Bertz CT molecular complexity index is 507. The topological polar surface area (TPSA) is 89.6 Å². The van der Waals surface area contributed by atoms with Crippen molar-refractivity contribution in [2.75, 3.05) is 0 Å². The lowest BCUT2D eigenvalue weighted by Crippen LogP contribution is -2.45. The van der Waals surface area contributed by atoms with Crippen molar-refractivity contribution in [2.45, 2.75) is 38.8 Å². The molecule has 3 N–H and O–H groups in total. The zero-order valence-electron chi connectivity index (χ0n) is 12.3. The average Bonchev–Trinajstić information content (AvgIpc) is 2.29. The monoisotopic (exact) mass is 357 g/mol. The number of benzene rings is 1. The van der Waals surface area contributed by atoms with Crippen molar-refractivity contribution < 1.29 is 19.4 Å². The normalized spacial score (nSPS) is 14.3. The molecule has 0 fully saturated rings. The van der Waals surface area contributed by atoms with Crippen LogP contribution in [-0.2, 0) is 20.7 Å². The summed E-state index contributed by atoms with van der Waals surface area (Å²) < 4.78 is 6.05. The highest BCUT2D eigenvalue weighted by molar-refractivity contribution is 9.10. The van der Waals surface area contributed by atoms with Crippen molar-refractivity contribution in [1.82, 2.24) is 0 Å². The Morgan fingerprint density at radius 3 is 2.24 bits per heavy atom. The second-order valence-corrected chi connectivity index (χ2v) is 6.76. The first-order valence-electron chi connectivity index (χ1n) is 6.56. The molecule has 1 aromatic carbocycles. The number of carbonyl (C=O) groups excluding carboxylic acids is 1. The zero-order chi connectivity index (χ0) is 16.2. The predicted molar refractivity (Wildman–Crippen MR) is 82.8 cm³/mol. The van der Waals surface area contributed by atoms with E-state index in [-0.39, 0.29) is 6.42 Å². The van der Waals surface area contributed by atoms with Gasteiger partial charge in [0.05, 0.1) is 0 Å². The van der Waals surface area contributed by atoms with Crippen molar-refractivity contribution in [3.8, 4) is 0 Å². The number of ether oxygens (including phenoxy) is 1. The average molecular weight is 358 g/mol. The van der Waals surface area contributed by atoms with E-state index < -0.39 is 29.5 Å². The van der Waals surface area contributed by atoms with E-state index >= 15 is 0 Å². The maximum Gasteiger partial charge on any atom is 0.322 e. The summed E-state index contributed by atoms with van der Waals surface area (Å²) in [4.78, 5) is 23.3. The quantitative estimate of drug-likeness (QED) is 0.623. The molecule has 2 atom stereocenters. The summed E-state index contributed by atoms with van der Waals surface area (Å²) in [5, 5.41) is 9.24. The van der Waals surface area contributed by atoms with Crippen molar-refractivity contribution in [2.24, 2.45) is 11.7 Å². The highest BCUT2D eigenvalue weighted by Crippen LogP contribution is 2.17. The third-order valence-corrected chi connectivity index (χ3v) is 3.27. The Kier molecular flexibility index (Phi) is 5.92. The van der Waals surface area contributed by atoms with E-state index in [0.717, 1.165) is 10.0 Å². The Hall–Kier alpha value is -1.40. The summed E-state index contributed by atoms with van der Waals surface area (Å²) in [7, 11) is 0. The lowest BCUT2D eigenvalue weighted by molar-refractivity contribution is -0.167. The minimum absolute atomic E-state index is 0.281. The minimum Gasteiger partial charge on any atom is -0.481 e. The molecule has 0 radical (unpaired) electrons. The molecule has 116 valence electrons. The first-order valence-corrected chi connectivity index (χ1v) is 7.35. The van der Waals surface area contributed by atoms with Gasteiger partial charge in [0.2, 0.25) is 0 Å². The number of nitrogens with two attached hydrogens (primary N) is 1. The molecule has 0 aliphatic rings. The molecule has 5 nitrogen and oxygen atoms in total. The van der Waals surface area contributed by atoms with Crippen LogP contribution in [0.1, 0.15) is 26.3 Å². The fraction of sp³-hybridized carbons (Fsp3) is 0.467. The second kappa shape index (κ2) is 7.04. The third kappa shape index (κ3) is 5.85. The molecular weight excluding hydrogens is 338 g/mol. The Balaban J connectivity index is 2.82. The van der Waals surface area contributed by atoms with Gasteiger partial charge in [-0.15, -0.1) is 0 Å². The van der Waals surface area contributed by atoms with Gasteiger partial charge < -0.3 is 15.6 Å². The van der Waals surface area contributed by atoms with Crippen LogP contribution in [0, 0.1) is 5.92 Å². The van der Waals surface area contributed by atoms with Gasteiger partial charge in [-0.1, -0.05) is 28.1 Å². The lowest BCUT2D eigenvalue weighted by Gasteiger charge is -2.25. The van der Waals surface area contributed by atoms with Crippen LogP contribution in [0.25, 0.3) is 0 Å². The summed E-state index contributed by atoms with van der Waals surface area (Å²) in [6, 6.07) is 6.49. The van der Waals surface area contributed by atoms with Gasteiger partial charge in [0.25, 0.3) is 0 Å². The maximum absolute atomic E-state index is 12.0. The molecule has 6 heteroatoms. The summed E-state index contributed by atoms with van der Waals surface area (Å²) in [6.45, 7) is 5.05. The Labute approximate surface area is 132 Å². The number of carbonyl (C=O) groups is 2. The van der Waals surface area contributed by atoms with Crippen LogP contribution in [0.15, 0.2) is 28.7 Å². The number of halogens is 1. The van der Waals surface area contributed by atoms with E-state index in [0.29, 0.717) is 0 Å². The minimum atomic E-state index is -1.38. The fourth-order valence-electron chi connectivity index (χ4n) is 1.83. The van der Waals surface area contributed by atoms with Gasteiger partial charge >= 0.3 is 11.9 Å². The van der Waals surface area contributed by atoms with E-state index in [9.17, 15) is 14.7 Å². The molecule has 21 heavy (non-hydrogen) atoms. The van der Waals surface area contributed by atoms with Gasteiger partial charge in [0.15, 0.2) is 5.92 Å². The second-order valence-electron chi connectivity index (χ2n) is 5.84. The van der Waals surface area contributed by atoms with Crippen molar-refractivity contribution in [3.05, 3.63) is 34.3 Å². The van der Waals surface area contributed by atoms with E-state index in [4.69, 9.17) is 10.5 Å². The van der Waals surface area contributed by atoms with Crippen LogP contribution >= 0.6 is 15.9 Å². The number of rotatable bonds is 5. The number of hydrogen-bond donors (Lipinski definition) is 2. The highest BCUT2D eigenvalue weighted by Gasteiger charge is 2.36. The number of carboxylic acids is 1. The molecule has 0 aromatic heterocycles. The SMILES string of the molecule is CC(C)(C)OC(=O)C(C(=O)O)C(N)Cc1ccc(Br)cc1. The molecule has 0 heterocycles. The van der Waals surface area contributed by atoms with E-state index in [1.807, 2.05) is 24.3 Å². The van der Waals surface area contributed by atoms with E-state index in [2.05, 4.69) is 15.9 Å². The zero-order valence-corrected chi connectivity index (χ0v) is 13.9. The summed E-state index contributed by atoms with van der Waals surface area (Å²) in [5.74, 6) is -3.46. The molecule has 0 saturated carbocycles. The van der Waals surface area contributed by atoms with E-state index in [1.54, 1.807) is 20.8 Å². The smallest absolute Gasteiger partial charge is 0.322 e. The predicted octanol–water partition coefficient (Wildman–Crippen LogP) is 2.36. The van der Waals surface area contributed by atoms with Crippen LogP contribution in [0.2, 0.25) is 0 Å². The molecule has 0 saturated heterocycles. The Morgan fingerprint density at radius 1 is 1.29 bits per heavy atom. The molecule has 2 unspecified atom stereocenters. The Morgan fingerprint density at radius 2 is 1.81 bits per heavy atom. The first-order chi connectivity index (χ1) is 9.60.